The van der Waals surface area contributed by atoms with Crippen molar-refractivity contribution in [3.05, 3.63) is 0 Å². The Morgan fingerprint density at radius 3 is 2.40 bits per heavy atom. The van der Waals surface area contributed by atoms with Gasteiger partial charge in [-0.1, -0.05) is 19.3 Å². The van der Waals surface area contributed by atoms with Crippen molar-refractivity contribution < 1.29 is 5.11 Å². The summed E-state index contributed by atoms with van der Waals surface area (Å²) in [5.41, 5.74) is 0. The molecule has 1 nitrogen and oxygen atoms in total. The van der Waals surface area contributed by atoms with E-state index >= 15 is 0 Å². The molecular formula is C9H16O. The van der Waals surface area contributed by atoms with Gasteiger partial charge >= 0.3 is 0 Å². The molecule has 0 aromatic carbocycles. The van der Waals surface area contributed by atoms with Crippen LogP contribution in [0.2, 0.25) is 0 Å². The summed E-state index contributed by atoms with van der Waals surface area (Å²) in [7, 11) is 0. The summed E-state index contributed by atoms with van der Waals surface area (Å²) < 4.78 is 0. The van der Waals surface area contributed by atoms with Crippen LogP contribution in [0.1, 0.15) is 38.5 Å². The third kappa shape index (κ3) is 1.34. The van der Waals surface area contributed by atoms with Gasteiger partial charge in [-0.05, 0) is 31.1 Å². The van der Waals surface area contributed by atoms with Crippen molar-refractivity contribution in [3.8, 4) is 0 Å². The highest BCUT2D eigenvalue weighted by Crippen LogP contribution is 2.40. The van der Waals surface area contributed by atoms with Gasteiger partial charge in [0, 0.05) is 0 Å². The minimum absolute atomic E-state index is 0.0561. The summed E-state index contributed by atoms with van der Waals surface area (Å²) in [5, 5.41) is 9.47. The minimum atomic E-state index is 0.0561. The largest absolute Gasteiger partial charge is 0.393 e. The molecule has 2 rings (SSSR count). The van der Waals surface area contributed by atoms with Gasteiger partial charge in [-0.25, -0.2) is 0 Å². The van der Waals surface area contributed by atoms with Gasteiger partial charge in [0.25, 0.3) is 0 Å². The Morgan fingerprint density at radius 2 is 1.90 bits per heavy atom. The first-order valence-corrected chi connectivity index (χ1v) is 4.54. The quantitative estimate of drug-likeness (QED) is 0.621. The molecule has 2 saturated carbocycles. The standard InChI is InChI=1S/C9H16O/c10-9-3-1-2-8(9)6-7-4-5-7/h7-10H,1-6H2. The van der Waals surface area contributed by atoms with Gasteiger partial charge in [0.15, 0.2) is 0 Å². The lowest BCUT2D eigenvalue weighted by Gasteiger charge is -2.12. The Balaban J connectivity index is 1.79. The molecular weight excluding hydrogens is 124 g/mol. The molecule has 0 heterocycles. The van der Waals surface area contributed by atoms with E-state index in [0.29, 0.717) is 5.92 Å². The van der Waals surface area contributed by atoms with Crippen molar-refractivity contribution in [1.29, 1.82) is 0 Å². The smallest absolute Gasteiger partial charge is 0.0568 e. The van der Waals surface area contributed by atoms with Gasteiger partial charge in [-0.3, -0.25) is 0 Å². The zero-order chi connectivity index (χ0) is 6.97. The van der Waals surface area contributed by atoms with Crippen molar-refractivity contribution in [2.75, 3.05) is 0 Å². The van der Waals surface area contributed by atoms with E-state index in [9.17, 15) is 5.11 Å². The van der Waals surface area contributed by atoms with Crippen LogP contribution in [0, 0.1) is 11.8 Å². The van der Waals surface area contributed by atoms with Crippen molar-refractivity contribution in [2.45, 2.75) is 44.6 Å². The van der Waals surface area contributed by atoms with Gasteiger partial charge < -0.3 is 5.11 Å². The summed E-state index contributed by atoms with van der Waals surface area (Å²) in [6.07, 6.45) is 7.86. The molecule has 2 unspecified atom stereocenters. The maximum Gasteiger partial charge on any atom is 0.0568 e. The maximum atomic E-state index is 9.47. The molecule has 0 radical (unpaired) electrons. The maximum absolute atomic E-state index is 9.47. The van der Waals surface area contributed by atoms with E-state index in [1.807, 2.05) is 0 Å². The van der Waals surface area contributed by atoms with Crippen LogP contribution in [0.25, 0.3) is 0 Å². The molecule has 1 heteroatoms. The summed E-state index contributed by atoms with van der Waals surface area (Å²) in [4.78, 5) is 0. The molecule has 2 aliphatic carbocycles. The molecule has 0 amide bonds. The first-order valence-electron chi connectivity index (χ1n) is 4.54. The van der Waals surface area contributed by atoms with Crippen molar-refractivity contribution in [2.24, 2.45) is 11.8 Å². The normalized spacial score (nSPS) is 40.5. The Kier molecular flexibility index (Phi) is 1.69. The molecule has 10 heavy (non-hydrogen) atoms. The van der Waals surface area contributed by atoms with Gasteiger partial charge in [0.1, 0.15) is 0 Å². The average molecular weight is 140 g/mol. The van der Waals surface area contributed by atoms with Crippen LogP contribution < -0.4 is 0 Å². The lowest BCUT2D eigenvalue weighted by Crippen LogP contribution is -2.13. The van der Waals surface area contributed by atoms with E-state index < -0.39 is 0 Å². The van der Waals surface area contributed by atoms with E-state index in [-0.39, 0.29) is 6.10 Å². The van der Waals surface area contributed by atoms with E-state index in [0.717, 1.165) is 12.3 Å². The second-order valence-corrected chi connectivity index (χ2v) is 3.94. The molecule has 58 valence electrons. The van der Waals surface area contributed by atoms with Crippen LogP contribution in [-0.4, -0.2) is 11.2 Å². The van der Waals surface area contributed by atoms with Crippen molar-refractivity contribution in [3.63, 3.8) is 0 Å². The Morgan fingerprint density at radius 1 is 1.10 bits per heavy atom. The fourth-order valence-electron chi connectivity index (χ4n) is 2.07. The predicted molar refractivity (Wildman–Crippen MR) is 40.7 cm³/mol. The van der Waals surface area contributed by atoms with Crippen molar-refractivity contribution in [1.82, 2.24) is 0 Å². The van der Waals surface area contributed by atoms with Crippen LogP contribution in [-0.2, 0) is 0 Å². The lowest BCUT2D eigenvalue weighted by molar-refractivity contribution is 0.125. The molecule has 0 aliphatic heterocycles. The first kappa shape index (κ1) is 6.66. The fraction of sp³-hybridized carbons (Fsp3) is 1.00. The Labute approximate surface area is 62.4 Å². The van der Waals surface area contributed by atoms with E-state index in [1.54, 1.807) is 0 Å². The monoisotopic (exact) mass is 140 g/mol. The van der Waals surface area contributed by atoms with E-state index in [1.165, 1.54) is 32.1 Å². The summed E-state index contributed by atoms with van der Waals surface area (Å²) >= 11 is 0. The topological polar surface area (TPSA) is 20.2 Å². The third-order valence-electron chi connectivity index (χ3n) is 2.95. The van der Waals surface area contributed by atoms with Crippen LogP contribution in [0.5, 0.6) is 0 Å². The Bertz CT molecular complexity index is 118. The molecule has 2 fully saturated rings. The van der Waals surface area contributed by atoms with Gasteiger partial charge in [-0.15, -0.1) is 0 Å². The second kappa shape index (κ2) is 2.54. The number of rotatable bonds is 2. The number of hydrogen-bond acceptors (Lipinski definition) is 1. The van der Waals surface area contributed by atoms with Crippen molar-refractivity contribution >= 4 is 0 Å². The van der Waals surface area contributed by atoms with Crippen LogP contribution >= 0.6 is 0 Å². The SMILES string of the molecule is OC1CCCC1CC1CC1. The lowest BCUT2D eigenvalue weighted by atomic mass is 9.99. The third-order valence-corrected chi connectivity index (χ3v) is 2.95. The van der Waals surface area contributed by atoms with Gasteiger partial charge in [0.05, 0.1) is 6.10 Å². The molecule has 0 spiro atoms. The van der Waals surface area contributed by atoms with Crippen LogP contribution in [0.3, 0.4) is 0 Å². The van der Waals surface area contributed by atoms with E-state index in [4.69, 9.17) is 0 Å². The molecule has 0 bridgehead atoms. The summed E-state index contributed by atoms with van der Waals surface area (Å²) in [6.45, 7) is 0. The number of aliphatic hydroxyl groups excluding tert-OH is 1. The summed E-state index contributed by atoms with van der Waals surface area (Å²) in [5.74, 6) is 1.67. The second-order valence-electron chi connectivity index (χ2n) is 3.94. The molecule has 2 atom stereocenters. The first-order chi connectivity index (χ1) is 4.86. The van der Waals surface area contributed by atoms with Crippen LogP contribution in [0.15, 0.2) is 0 Å². The summed E-state index contributed by atoms with van der Waals surface area (Å²) in [6, 6.07) is 0. The van der Waals surface area contributed by atoms with Gasteiger partial charge in [0.2, 0.25) is 0 Å². The number of hydrogen-bond donors (Lipinski definition) is 1. The molecule has 1 N–H and O–H groups in total. The average Bonchev–Trinajstić information content (AvgIpc) is 2.62. The zero-order valence-corrected chi connectivity index (χ0v) is 6.42. The highest BCUT2D eigenvalue weighted by molar-refractivity contribution is 4.83. The molecule has 0 aromatic rings. The predicted octanol–water partition coefficient (Wildman–Crippen LogP) is 1.95. The zero-order valence-electron chi connectivity index (χ0n) is 6.42. The van der Waals surface area contributed by atoms with E-state index in [2.05, 4.69) is 0 Å². The molecule has 2 aliphatic rings. The highest BCUT2D eigenvalue weighted by Gasteiger charge is 2.31. The Hall–Kier alpha value is -0.0400. The molecule has 0 saturated heterocycles. The fourth-order valence-corrected chi connectivity index (χ4v) is 2.07. The minimum Gasteiger partial charge on any atom is -0.393 e. The van der Waals surface area contributed by atoms with Crippen LogP contribution in [0.4, 0.5) is 0 Å². The van der Waals surface area contributed by atoms with Gasteiger partial charge in [-0.2, -0.15) is 0 Å². The molecule has 0 aromatic heterocycles. The highest BCUT2D eigenvalue weighted by atomic mass is 16.3. The number of aliphatic hydroxyl groups is 1.